The van der Waals surface area contributed by atoms with Crippen molar-refractivity contribution in [3.8, 4) is 28.0 Å². The fourth-order valence-electron chi connectivity index (χ4n) is 4.12. The predicted molar refractivity (Wildman–Crippen MR) is 133 cm³/mol. The summed E-state index contributed by atoms with van der Waals surface area (Å²) in [6.45, 7) is 0. The van der Waals surface area contributed by atoms with Gasteiger partial charge in [0.1, 0.15) is 5.75 Å². The van der Waals surface area contributed by atoms with Crippen LogP contribution in [0.15, 0.2) is 115 Å². The van der Waals surface area contributed by atoms with Crippen molar-refractivity contribution in [2.24, 2.45) is 0 Å². The van der Waals surface area contributed by atoms with Crippen LogP contribution in [0.25, 0.3) is 33.0 Å². The molecule has 0 amide bonds. The summed E-state index contributed by atoms with van der Waals surface area (Å²) >= 11 is 0. The maximum absolute atomic E-state index is 12.8. The van der Waals surface area contributed by atoms with Crippen LogP contribution in [0.2, 0.25) is 0 Å². The van der Waals surface area contributed by atoms with Crippen LogP contribution in [0, 0.1) is 0 Å². The second kappa shape index (κ2) is 9.04. The molecular weight excluding hydrogens is 424 g/mol. The Morgan fingerprint density at radius 1 is 0.588 bits per heavy atom. The lowest BCUT2D eigenvalue weighted by molar-refractivity contribution is 0.0694. The monoisotopic (exact) mass is 444 g/mol. The molecule has 0 saturated carbocycles. The van der Waals surface area contributed by atoms with Gasteiger partial charge in [0.25, 0.3) is 0 Å². The number of benzene rings is 5. The van der Waals surface area contributed by atoms with Crippen LogP contribution in [-0.2, 0) is 0 Å². The van der Waals surface area contributed by atoms with E-state index in [1.807, 2.05) is 72.8 Å². The Morgan fingerprint density at radius 3 is 1.97 bits per heavy atom. The third-order valence-corrected chi connectivity index (χ3v) is 5.72. The first-order valence-electron chi connectivity index (χ1n) is 10.8. The van der Waals surface area contributed by atoms with Crippen molar-refractivity contribution in [3.63, 3.8) is 0 Å². The van der Waals surface area contributed by atoms with E-state index in [1.54, 1.807) is 42.5 Å². The van der Waals surface area contributed by atoms with E-state index in [4.69, 9.17) is 4.74 Å². The zero-order valence-corrected chi connectivity index (χ0v) is 18.1. The number of rotatable bonds is 5. The van der Waals surface area contributed by atoms with Crippen LogP contribution in [0.3, 0.4) is 0 Å². The molecule has 4 nitrogen and oxygen atoms in total. The summed E-state index contributed by atoms with van der Waals surface area (Å²) in [7, 11) is 0. The highest BCUT2D eigenvalue weighted by Gasteiger charge is 2.18. The van der Waals surface area contributed by atoms with Gasteiger partial charge in [-0.25, -0.2) is 9.59 Å². The topological polar surface area (TPSA) is 63.6 Å². The highest BCUT2D eigenvalue weighted by atomic mass is 16.5. The second-order valence-corrected chi connectivity index (χ2v) is 7.85. The number of carbonyl (C=O) groups is 2. The molecule has 0 unspecified atom stereocenters. The van der Waals surface area contributed by atoms with Crippen LogP contribution in [0.4, 0.5) is 0 Å². The van der Waals surface area contributed by atoms with Gasteiger partial charge in [0.15, 0.2) is 0 Å². The molecule has 164 valence electrons. The summed E-state index contributed by atoms with van der Waals surface area (Å²) in [6.07, 6.45) is 0. The number of ether oxygens (including phenoxy) is 1. The lowest BCUT2D eigenvalue weighted by atomic mass is 9.89. The normalized spacial score (nSPS) is 10.7. The lowest BCUT2D eigenvalue weighted by Gasteiger charge is -2.16. The van der Waals surface area contributed by atoms with Crippen molar-refractivity contribution in [1.82, 2.24) is 0 Å². The van der Waals surface area contributed by atoms with Crippen molar-refractivity contribution >= 4 is 22.7 Å². The molecule has 0 atom stereocenters. The number of esters is 1. The van der Waals surface area contributed by atoms with Crippen LogP contribution in [0.5, 0.6) is 5.75 Å². The number of carboxylic acid groups (broad SMARTS) is 1. The van der Waals surface area contributed by atoms with Crippen molar-refractivity contribution in [3.05, 3.63) is 126 Å². The lowest BCUT2D eigenvalue weighted by Crippen LogP contribution is -2.08. The molecule has 0 aromatic heterocycles. The van der Waals surface area contributed by atoms with Crippen LogP contribution >= 0.6 is 0 Å². The minimum absolute atomic E-state index is 0.186. The van der Waals surface area contributed by atoms with Gasteiger partial charge in [-0.3, -0.25) is 0 Å². The van der Waals surface area contributed by atoms with Gasteiger partial charge in [-0.1, -0.05) is 84.9 Å². The van der Waals surface area contributed by atoms with Gasteiger partial charge >= 0.3 is 11.9 Å². The number of hydrogen-bond acceptors (Lipinski definition) is 3. The number of aromatic carboxylic acids is 1. The van der Waals surface area contributed by atoms with Crippen molar-refractivity contribution in [2.75, 3.05) is 0 Å². The van der Waals surface area contributed by atoms with Crippen LogP contribution in [-0.4, -0.2) is 17.0 Å². The van der Waals surface area contributed by atoms with Gasteiger partial charge in [0.05, 0.1) is 11.1 Å². The third-order valence-electron chi connectivity index (χ3n) is 5.72. The van der Waals surface area contributed by atoms with Gasteiger partial charge in [-0.2, -0.15) is 0 Å². The zero-order chi connectivity index (χ0) is 23.5. The minimum atomic E-state index is -1.00. The highest BCUT2D eigenvalue weighted by Crippen LogP contribution is 2.40. The largest absolute Gasteiger partial charge is 0.478 e. The molecule has 0 radical (unpaired) electrons. The van der Waals surface area contributed by atoms with Crippen molar-refractivity contribution in [2.45, 2.75) is 0 Å². The number of fused-ring (bicyclic) bond motifs is 1. The molecule has 0 saturated heterocycles. The molecule has 0 heterocycles. The summed E-state index contributed by atoms with van der Waals surface area (Å²) in [5.74, 6) is -1.04. The molecule has 5 aromatic carbocycles. The Balaban J connectivity index is 1.73. The van der Waals surface area contributed by atoms with E-state index < -0.39 is 11.9 Å². The molecule has 0 bridgehead atoms. The van der Waals surface area contributed by atoms with Crippen LogP contribution < -0.4 is 4.74 Å². The Labute approximate surface area is 196 Å². The van der Waals surface area contributed by atoms with Gasteiger partial charge in [-0.15, -0.1) is 0 Å². The molecular formula is C30H20O4. The first-order valence-corrected chi connectivity index (χ1v) is 10.8. The molecule has 0 fully saturated rings. The van der Waals surface area contributed by atoms with E-state index >= 15 is 0 Å². The fourth-order valence-corrected chi connectivity index (χ4v) is 4.12. The SMILES string of the molecule is O=C(O)c1ccc(-c2ccccc2)c(-c2cccc3cccc(OC(=O)c4ccccc4)c23)c1. The standard InChI is InChI=1S/C30H20O4/c31-29(32)23-17-18-24(20-9-3-1-4-10-20)26(19-23)25-15-7-13-21-14-8-16-27(28(21)25)34-30(33)22-11-5-2-6-12-22/h1-19H,(H,31,32). The molecule has 0 spiro atoms. The Kier molecular flexibility index (Phi) is 5.63. The summed E-state index contributed by atoms with van der Waals surface area (Å²) in [5.41, 5.74) is 4.03. The van der Waals surface area contributed by atoms with E-state index in [0.29, 0.717) is 11.3 Å². The molecule has 5 rings (SSSR count). The summed E-state index contributed by atoms with van der Waals surface area (Å²) in [4.78, 5) is 24.6. The zero-order valence-electron chi connectivity index (χ0n) is 18.1. The third kappa shape index (κ3) is 4.05. The molecule has 4 heteroatoms. The molecule has 34 heavy (non-hydrogen) atoms. The van der Waals surface area contributed by atoms with E-state index in [-0.39, 0.29) is 5.56 Å². The minimum Gasteiger partial charge on any atom is -0.478 e. The highest BCUT2D eigenvalue weighted by molar-refractivity contribution is 6.06. The van der Waals surface area contributed by atoms with Crippen LogP contribution in [0.1, 0.15) is 20.7 Å². The molecule has 1 N–H and O–H groups in total. The molecule has 0 aliphatic rings. The Bertz CT molecular complexity index is 1500. The smallest absolute Gasteiger partial charge is 0.343 e. The predicted octanol–water partition coefficient (Wildman–Crippen LogP) is 7.09. The fraction of sp³-hybridized carbons (Fsp3) is 0. The second-order valence-electron chi connectivity index (χ2n) is 7.85. The van der Waals surface area contributed by atoms with Gasteiger partial charge in [-0.05, 0) is 58.0 Å². The van der Waals surface area contributed by atoms with E-state index in [1.165, 1.54) is 0 Å². The summed E-state index contributed by atoms with van der Waals surface area (Å²) in [5, 5.41) is 11.3. The van der Waals surface area contributed by atoms with E-state index in [2.05, 4.69) is 0 Å². The van der Waals surface area contributed by atoms with Gasteiger partial charge in [0.2, 0.25) is 0 Å². The number of carbonyl (C=O) groups excluding carboxylic acids is 1. The summed E-state index contributed by atoms with van der Waals surface area (Å²) < 4.78 is 5.84. The van der Waals surface area contributed by atoms with Gasteiger partial charge in [0, 0.05) is 5.39 Å². The number of carboxylic acids is 1. The quantitative estimate of drug-likeness (QED) is 0.232. The van der Waals surface area contributed by atoms with Gasteiger partial charge < -0.3 is 9.84 Å². The maximum atomic E-state index is 12.8. The van der Waals surface area contributed by atoms with Crippen molar-refractivity contribution in [1.29, 1.82) is 0 Å². The first-order chi connectivity index (χ1) is 16.6. The molecule has 5 aromatic rings. The average molecular weight is 444 g/mol. The Hall–Kier alpha value is -4.70. The van der Waals surface area contributed by atoms with E-state index in [0.717, 1.165) is 33.0 Å². The molecule has 0 aliphatic heterocycles. The van der Waals surface area contributed by atoms with Crippen molar-refractivity contribution < 1.29 is 19.4 Å². The Morgan fingerprint density at radius 2 is 1.26 bits per heavy atom. The average Bonchev–Trinajstić information content (AvgIpc) is 2.89. The summed E-state index contributed by atoms with van der Waals surface area (Å²) in [6, 6.07) is 35.1. The molecule has 0 aliphatic carbocycles. The maximum Gasteiger partial charge on any atom is 0.343 e. The first kappa shape index (κ1) is 21.2. The number of hydrogen-bond donors (Lipinski definition) is 1. The van der Waals surface area contributed by atoms with E-state index in [9.17, 15) is 14.7 Å².